The monoisotopic (exact) mass is 344 g/mol. The minimum Gasteiger partial charge on any atom is -0.497 e. The number of hydrogen-bond donors (Lipinski definition) is 2. The maximum absolute atomic E-state index is 12.7. The molecule has 3 rings (SSSR count). The first-order valence-electron chi connectivity index (χ1n) is 7.67. The van der Waals surface area contributed by atoms with E-state index in [0.29, 0.717) is 17.1 Å². The van der Waals surface area contributed by atoms with Crippen molar-refractivity contribution in [3.63, 3.8) is 0 Å². The second-order valence-corrected chi connectivity index (χ2v) is 7.48. The third kappa shape index (κ3) is 3.54. The Bertz CT molecular complexity index is 837. The molecule has 1 fully saturated rings. The van der Waals surface area contributed by atoms with E-state index >= 15 is 0 Å². The van der Waals surface area contributed by atoms with Crippen LogP contribution in [0.5, 0.6) is 5.75 Å². The maximum Gasteiger partial charge on any atom is 0.263 e. The summed E-state index contributed by atoms with van der Waals surface area (Å²) in [5.74, 6) is 0.672. The van der Waals surface area contributed by atoms with Gasteiger partial charge in [-0.05, 0) is 49.2 Å². The lowest BCUT2D eigenvalue weighted by Crippen LogP contribution is -2.30. The van der Waals surface area contributed by atoms with Crippen molar-refractivity contribution in [2.75, 3.05) is 17.1 Å². The number of anilines is 2. The molecule has 0 atom stereocenters. The second-order valence-electron chi connectivity index (χ2n) is 5.83. The van der Waals surface area contributed by atoms with E-state index in [2.05, 4.69) is 16.6 Å². The van der Waals surface area contributed by atoms with E-state index in [-0.39, 0.29) is 10.9 Å². The number of sulfonamides is 1. The molecule has 126 valence electrons. The Kier molecular flexibility index (Phi) is 4.49. The number of rotatable bonds is 6. The molecule has 1 aliphatic carbocycles. The predicted octanol–water partition coefficient (Wildman–Crippen LogP) is 3.63. The molecule has 0 saturated heterocycles. The van der Waals surface area contributed by atoms with Gasteiger partial charge < -0.3 is 10.1 Å². The molecule has 0 heterocycles. The average molecular weight is 344 g/mol. The highest BCUT2D eigenvalue weighted by atomic mass is 32.2. The van der Waals surface area contributed by atoms with Crippen molar-refractivity contribution in [3.8, 4) is 5.75 Å². The highest BCUT2D eigenvalue weighted by Crippen LogP contribution is 2.31. The van der Waals surface area contributed by atoms with Crippen molar-refractivity contribution in [2.24, 2.45) is 0 Å². The number of para-hydroxylation sites is 1. The molecule has 2 aromatic carbocycles. The highest BCUT2D eigenvalue weighted by Gasteiger charge is 2.24. The van der Waals surface area contributed by atoms with Gasteiger partial charge in [-0.3, -0.25) is 4.72 Å². The third-order valence-corrected chi connectivity index (χ3v) is 5.39. The predicted molar refractivity (Wildman–Crippen MR) is 96.0 cm³/mol. The zero-order valence-corrected chi connectivity index (χ0v) is 14.3. The Balaban J connectivity index is 1.82. The molecule has 2 aromatic rings. The number of hydrogen-bond acceptors (Lipinski definition) is 4. The minimum absolute atomic E-state index is 0.235. The summed E-state index contributed by atoms with van der Waals surface area (Å²) in [5, 5.41) is 3.29. The van der Waals surface area contributed by atoms with Crippen LogP contribution in [0.25, 0.3) is 0 Å². The largest absolute Gasteiger partial charge is 0.497 e. The number of benzene rings is 2. The Morgan fingerprint density at radius 2 is 1.75 bits per heavy atom. The fourth-order valence-electron chi connectivity index (χ4n) is 2.65. The molecular weight excluding hydrogens is 324 g/mol. The first kappa shape index (κ1) is 16.4. The van der Waals surface area contributed by atoms with Gasteiger partial charge in [-0.15, -0.1) is 0 Å². The van der Waals surface area contributed by atoms with Crippen molar-refractivity contribution < 1.29 is 13.2 Å². The summed E-state index contributed by atoms with van der Waals surface area (Å²) in [5.41, 5.74) is 2.28. The Morgan fingerprint density at radius 1 is 1.08 bits per heavy atom. The Morgan fingerprint density at radius 3 is 2.38 bits per heavy atom. The van der Waals surface area contributed by atoms with Crippen molar-refractivity contribution in [1.82, 2.24) is 0 Å². The van der Waals surface area contributed by atoms with Gasteiger partial charge in [0.1, 0.15) is 10.6 Å². The summed E-state index contributed by atoms with van der Waals surface area (Å²) in [7, 11) is -2.12. The molecule has 0 aliphatic heterocycles. The van der Waals surface area contributed by atoms with E-state index in [4.69, 9.17) is 4.74 Å². The van der Waals surface area contributed by atoms with E-state index in [1.807, 2.05) is 6.07 Å². The van der Waals surface area contributed by atoms with Gasteiger partial charge in [0.2, 0.25) is 0 Å². The van der Waals surface area contributed by atoms with Gasteiger partial charge in [-0.25, -0.2) is 8.42 Å². The summed E-state index contributed by atoms with van der Waals surface area (Å²) in [6, 6.07) is 13.9. The lowest BCUT2D eigenvalue weighted by atomic mass is 9.88. The van der Waals surface area contributed by atoms with Gasteiger partial charge in [0.15, 0.2) is 0 Å². The van der Waals surface area contributed by atoms with Crippen LogP contribution in [0.4, 0.5) is 11.4 Å². The van der Waals surface area contributed by atoms with Crippen LogP contribution in [-0.2, 0) is 10.0 Å². The smallest absolute Gasteiger partial charge is 0.263 e. The van der Waals surface area contributed by atoms with Crippen LogP contribution in [0.2, 0.25) is 0 Å². The van der Waals surface area contributed by atoms with Gasteiger partial charge in [0.05, 0.1) is 12.8 Å². The molecule has 6 heteroatoms. The Hall–Kier alpha value is -2.47. The quantitative estimate of drug-likeness (QED) is 0.785. The van der Waals surface area contributed by atoms with E-state index in [1.54, 1.807) is 49.6 Å². The summed E-state index contributed by atoms with van der Waals surface area (Å²) < 4.78 is 33.1. The van der Waals surface area contributed by atoms with Crippen molar-refractivity contribution in [1.29, 1.82) is 0 Å². The molecule has 0 bridgehead atoms. The summed E-state index contributed by atoms with van der Waals surface area (Å²) in [4.78, 5) is 0.235. The molecule has 0 aromatic heterocycles. The van der Waals surface area contributed by atoms with Crippen LogP contribution in [0.3, 0.4) is 0 Å². The van der Waals surface area contributed by atoms with Crippen molar-refractivity contribution in [2.45, 2.75) is 23.8 Å². The van der Waals surface area contributed by atoms with Crippen molar-refractivity contribution >= 4 is 21.4 Å². The van der Waals surface area contributed by atoms with Crippen LogP contribution in [-0.4, -0.2) is 21.6 Å². The molecule has 1 aliphatic rings. The summed E-state index contributed by atoms with van der Waals surface area (Å²) in [6.07, 6.45) is 1.75. The molecule has 0 unspecified atom stereocenters. The molecule has 0 amide bonds. The standard InChI is InChI=1S/C18H20N2O3S/c1-13-11-15(12-13)19-17-5-3-4-6-18(17)24(21,22)20-14-7-9-16(23-2)10-8-14/h3-10,15,19-20H,1,11-12H2,2H3. The maximum atomic E-state index is 12.7. The van der Waals surface area contributed by atoms with Gasteiger partial charge >= 0.3 is 0 Å². The molecule has 0 spiro atoms. The van der Waals surface area contributed by atoms with Gasteiger partial charge in [0.25, 0.3) is 10.0 Å². The lowest BCUT2D eigenvalue weighted by molar-refractivity contribution is 0.415. The first-order valence-corrected chi connectivity index (χ1v) is 9.15. The minimum atomic E-state index is -3.68. The van der Waals surface area contributed by atoms with Crippen LogP contribution in [0.1, 0.15) is 12.8 Å². The molecular formula is C18H20N2O3S. The topological polar surface area (TPSA) is 67.4 Å². The van der Waals surface area contributed by atoms with E-state index in [0.717, 1.165) is 12.8 Å². The summed E-state index contributed by atoms with van der Waals surface area (Å²) in [6.45, 7) is 3.91. The fraction of sp³-hybridized carbons (Fsp3) is 0.222. The van der Waals surface area contributed by atoms with E-state index < -0.39 is 10.0 Å². The summed E-state index contributed by atoms with van der Waals surface area (Å²) >= 11 is 0. The average Bonchev–Trinajstić information content (AvgIpc) is 2.54. The number of nitrogens with one attached hydrogen (secondary N) is 2. The van der Waals surface area contributed by atoms with Crippen molar-refractivity contribution in [3.05, 3.63) is 60.7 Å². The second kappa shape index (κ2) is 6.57. The SMILES string of the molecule is C=C1CC(Nc2ccccc2S(=O)(=O)Nc2ccc(OC)cc2)C1. The molecule has 1 saturated carbocycles. The van der Waals surface area contributed by atoms with Crippen LogP contribution in [0.15, 0.2) is 65.6 Å². The van der Waals surface area contributed by atoms with Crippen LogP contribution in [0, 0.1) is 0 Å². The van der Waals surface area contributed by atoms with Gasteiger partial charge in [0, 0.05) is 11.7 Å². The third-order valence-electron chi connectivity index (χ3n) is 3.95. The van der Waals surface area contributed by atoms with E-state index in [9.17, 15) is 8.42 Å². The van der Waals surface area contributed by atoms with Crippen LogP contribution < -0.4 is 14.8 Å². The zero-order valence-electron chi connectivity index (χ0n) is 13.5. The highest BCUT2D eigenvalue weighted by molar-refractivity contribution is 7.92. The molecule has 24 heavy (non-hydrogen) atoms. The lowest BCUT2D eigenvalue weighted by Gasteiger charge is -2.30. The molecule has 0 radical (unpaired) electrons. The normalized spacial score (nSPS) is 14.8. The molecule has 5 nitrogen and oxygen atoms in total. The Labute approximate surface area is 142 Å². The molecule has 2 N–H and O–H groups in total. The van der Waals surface area contributed by atoms with Gasteiger partial charge in [-0.1, -0.05) is 24.3 Å². The van der Waals surface area contributed by atoms with E-state index in [1.165, 1.54) is 5.57 Å². The number of methoxy groups -OCH3 is 1. The first-order chi connectivity index (χ1) is 11.5. The van der Waals surface area contributed by atoms with Crippen LogP contribution >= 0.6 is 0 Å². The van der Waals surface area contributed by atoms with Gasteiger partial charge in [-0.2, -0.15) is 0 Å². The fourth-order valence-corrected chi connectivity index (χ4v) is 3.88. The zero-order chi connectivity index (χ0) is 17.2. The number of ether oxygens (including phenoxy) is 1.